The summed E-state index contributed by atoms with van der Waals surface area (Å²) in [5.41, 5.74) is -0.0570. The molecular weight excluding hydrogens is 252 g/mol. The summed E-state index contributed by atoms with van der Waals surface area (Å²) in [4.78, 5) is 26.9. The predicted octanol–water partition coefficient (Wildman–Crippen LogP) is 1.23. The lowest BCUT2D eigenvalue weighted by molar-refractivity contribution is -0.384. The Hall–Kier alpha value is -2.38. The summed E-state index contributed by atoms with van der Waals surface area (Å²) in [5.74, 6) is 0.296. The average molecular weight is 266 g/mol. The Morgan fingerprint density at radius 1 is 1.63 bits per heavy atom. The van der Waals surface area contributed by atoms with E-state index in [1.807, 2.05) is 0 Å². The zero-order valence-electron chi connectivity index (χ0n) is 10.2. The Kier molecular flexibility index (Phi) is 3.79. The maximum absolute atomic E-state index is 11.0. The number of rotatable bonds is 3. The molecule has 1 saturated heterocycles. The van der Waals surface area contributed by atoms with Gasteiger partial charge in [0.1, 0.15) is 0 Å². The molecule has 1 aliphatic heterocycles. The van der Waals surface area contributed by atoms with Gasteiger partial charge in [0, 0.05) is 31.4 Å². The quantitative estimate of drug-likeness (QED) is 0.629. The SMILES string of the molecule is O=C(O)NC1CCCN(c2ncccc2[N+](=O)[O-])C1. The number of piperidine rings is 1. The molecule has 1 fully saturated rings. The number of hydrogen-bond donors (Lipinski definition) is 2. The fourth-order valence-electron chi connectivity index (χ4n) is 2.24. The molecule has 2 heterocycles. The highest BCUT2D eigenvalue weighted by Crippen LogP contribution is 2.27. The highest BCUT2D eigenvalue weighted by Gasteiger charge is 2.26. The van der Waals surface area contributed by atoms with E-state index in [1.54, 1.807) is 4.90 Å². The highest BCUT2D eigenvalue weighted by molar-refractivity contribution is 5.65. The number of aromatic nitrogens is 1. The molecular formula is C11H14N4O4. The highest BCUT2D eigenvalue weighted by atomic mass is 16.6. The summed E-state index contributed by atoms with van der Waals surface area (Å²) in [6, 6.07) is 2.68. The van der Waals surface area contributed by atoms with Gasteiger partial charge in [-0.05, 0) is 18.9 Å². The standard InChI is InChI=1S/C11H14N4O4/c16-11(17)13-8-3-2-6-14(7-8)10-9(15(18)19)4-1-5-12-10/h1,4-5,8,13H,2-3,6-7H2,(H,16,17). The molecule has 1 aromatic heterocycles. The van der Waals surface area contributed by atoms with Crippen LogP contribution >= 0.6 is 0 Å². The molecule has 0 saturated carbocycles. The first-order valence-corrected chi connectivity index (χ1v) is 5.91. The van der Waals surface area contributed by atoms with Crippen LogP contribution in [0.5, 0.6) is 0 Å². The maximum Gasteiger partial charge on any atom is 0.404 e. The first kappa shape index (κ1) is 13.1. The van der Waals surface area contributed by atoms with Crippen molar-refractivity contribution in [3.8, 4) is 0 Å². The van der Waals surface area contributed by atoms with Crippen molar-refractivity contribution in [1.82, 2.24) is 10.3 Å². The molecule has 102 valence electrons. The molecule has 0 aliphatic carbocycles. The van der Waals surface area contributed by atoms with Crippen molar-refractivity contribution >= 4 is 17.6 Å². The summed E-state index contributed by atoms with van der Waals surface area (Å²) < 4.78 is 0. The van der Waals surface area contributed by atoms with E-state index < -0.39 is 11.0 Å². The predicted molar refractivity (Wildman–Crippen MR) is 67.3 cm³/mol. The summed E-state index contributed by atoms with van der Waals surface area (Å²) in [6.07, 6.45) is 1.90. The van der Waals surface area contributed by atoms with Crippen LogP contribution in [0.3, 0.4) is 0 Å². The molecule has 0 bridgehead atoms. The first-order chi connectivity index (χ1) is 9.08. The van der Waals surface area contributed by atoms with E-state index in [0.29, 0.717) is 18.9 Å². The van der Waals surface area contributed by atoms with E-state index in [4.69, 9.17) is 5.11 Å². The fraction of sp³-hybridized carbons (Fsp3) is 0.455. The minimum absolute atomic E-state index is 0.0570. The van der Waals surface area contributed by atoms with E-state index in [9.17, 15) is 14.9 Å². The van der Waals surface area contributed by atoms with Gasteiger partial charge in [0.05, 0.1) is 4.92 Å². The molecule has 0 radical (unpaired) electrons. The van der Waals surface area contributed by atoms with Gasteiger partial charge in [0.15, 0.2) is 0 Å². The number of pyridine rings is 1. The minimum atomic E-state index is -1.08. The number of anilines is 1. The number of nitrogens with one attached hydrogen (secondary N) is 1. The van der Waals surface area contributed by atoms with Crippen molar-refractivity contribution in [1.29, 1.82) is 0 Å². The number of nitrogens with zero attached hydrogens (tertiary/aromatic N) is 3. The topological polar surface area (TPSA) is 109 Å². The van der Waals surface area contributed by atoms with Crippen molar-refractivity contribution < 1.29 is 14.8 Å². The van der Waals surface area contributed by atoms with Gasteiger partial charge in [-0.1, -0.05) is 0 Å². The summed E-state index contributed by atoms with van der Waals surface area (Å²) in [7, 11) is 0. The third-order valence-electron chi connectivity index (χ3n) is 3.01. The lowest BCUT2D eigenvalue weighted by Crippen LogP contribution is -2.47. The van der Waals surface area contributed by atoms with Crippen LogP contribution in [-0.4, -0.2) is 40.2 Å². The Balaban J connectivity index is 2.17. The minimum Gasteiger partial charge on any atom is -0.465 e. The van der Waals surface area contributed by atoms with Gasteiger partial charge in [-0.3, -0.25) is 10.1 Å². The van der Waals surface area contributed by atoms with Crippen molar-refractivity contribution in [2.75, 3.05) is 18.0 Å². The second kappa shape index (κ2) is 5.51. The van der Waals surface area contributed by atoms with Gasteiger partial charge in [-0.15, -0.1) is 0 Å². The number of carbonyl (C=O) groups is 1. The zero-order chi connectivity index (χ0) is 13.8. The largest absolute Gasteiger partial charge is 0.465 e. The van der Waals surface area contributed by atoms with Crippen LogP contribution < -0.4 is 10.2 Å². The fourth-order valence-corrected chi connectivity index (χ4v) is 2.24. The van der Waals surface area contributed by atoms with Crippen LogP contribution in [0.1, 0.15) is 12.8 Å². The molecule has 0 spiro atoms. The molecule has 8 nitrogen and oxygen atoms in total. The third-order valence-corrected chi connectivity index (χ3v) is 3.01. The lowest BCUT2D eigenvalue weighted by Gasteiger charge is -2.32. The average Bonchev–Trinajstić information content (AvgIpc) is 2.38. The van der Waals surface area contributed by atoms with Gasteiger partial charge in [-0.2, -0.15) is 0 Å². The van der Waals surface area contributed by atoms with E-state index in [-0.39, 0.29) is 11.7 Å². The van der Waals surface area contributed by atoms with Crippen molar-refractivity contribution in [3.63, 3.8) is 0 Å². The Bertz CT molecular complexity index is 493. The summed E-state index contributed by atoms with van der Waals surface area (Å²) in [6.45, 7) is 1.03. The van der Waals surface area contributed by atoms with Crippen LogP contribution in [0, 0.1) is 10.1 Å². The Morgan fingerprint density at radius 2 is 2.42 bits per heavy atom. The molecule has 2 N–H and O–H groups in total. The van der Waals surface area contributed by atoms with Gasteiger partial charge < -0.3 is 15.3 Å². The molecule has 1 atom stereocenters. The van der Waals surface area contributed by atoms with Crippen LogP contribution in [0.15, 0.2) is 18.3 Å². The van der Waals surface area contributed by atoms with Crippen LogP contribution in [0.25, 0.3) is 0 Å². The molecule has 19 heavy (non-hydrogen) atoms. The molecule has 0 aromatic carbocycles. The zero-order valence-corrected chi connectivity index (χ0v) is 10.2. The van der Waals surface area contributed by atoms with Gasteiger partial charge in [0.25, 0.3) is 0 Å². The van der Waals surface area contributed by atoms with Crippen LogP contribution in [-0.2, 0) is 0 Å². The first-order valence-electron chi connectivity index (χ1n) is 5.91. The third kappa shape index (κ3) is 3.09. The second-order valence-electron chi connectivity index (χ2n) is 4.34. The van der Waals surface area contributed by atoms with Crippen molar-refractivity contribution in [3.05, 3.63) is 28.4 Å². The van der Waals surface area contributed by atoms with Gasteiger partial charge >= 0.3 is 11.8 Å². The van der Waals surface area contributed by atoms with Crippen molar-refractivity contribution in [2.24, 2.45) is 0 Å². The summed E-state index contributed by atoms with van der Waals surface area (Å²) >= 11 is 0. The number of nitro groups is 1. The second-order valence-corrected chi connectivity index (χ2v) is 4.34. The monoisotopic (exact) mass is 266 g/mol. The molecule has 8 heteroatoms. The molecule has 1 aromatic rings. The van der Waals surface area contributed by atoms with E-state index in [0.717, 1.165) is 12.8 Å². The number of amides is 1. The Morgan fingerprint density at radius 3 is 3.11 bits per heavy atom. The number of hydrogen-bond acceptors (Lipinski definition) is 5. The van der Waals surface area contributed by atoms with Crippen LogP contribution in [0.2, 0.25) is 0 Å². The van der Waals surface area contributed by atoms with E-state index >= 15 is 0 Å². The van der Waals surface area contributed by atoms with Crippen molar-refractivity contribution in [2.45, 2.75) is 18.9 Å². The Labute approximate surface area is 109 Å². The molecule has 1 aliphatic rings. The lowest BCUT2D eigenvalue weighted by atomic mass is 10.1. The maximum atomic E-state index is 11.0. The smallest absolute Gasteiger partial charge is 0.404 e. The van der Waals surface area contributed by atoms with Gasteiger partial charge in [0.2, 0.25) is 5.82 Å². The summed E-state index contributed by atoms with van der Waals surface area (Å²) in [5, 5.41) is 22.1. The molecule has 1 unspecified atom stereocenters. The normalized spacial score (nSPS) is 18.9. The molecule has 1 amide bonds. The molecule has 2 rings (SSSR count). The van der Waals surface area contributed by atoms with E-state index in [1.165, 1.54) is 18.3 Å². The van der Waals surface area contributed by atoms with E-state index in [2.05, 4.69) is 10.3 Å². The van der Waals surface area contributed by atoms with Gasteiger partial charge in [-0.25, -0.2) is 9.78 Å². The number of carboxylic acid groups (broad SMARTS) is 1. The van der Waals surface area contributed by atoms with Crippen LogP contribution in [0.4, 0.5) is 16.3 Å².